The molecule has 18 heavy (non-hydrogen) atoms. The largest absolute Gasteiger partial charge is 0.466 e. The Balaban J connectivity index is 3.12. The van der Waals surface area contributed by atoms with Crippen molar-refractivity contribution in [2.24, 2.45) is 0 Å². The standard InChI is InChI=1S/C11H10ClNO5/c1-2-18-11(15)5-7-3-9(12)10(13(16)17)4-8(7)6-14/h3-4,6H,2,5H2,1H3. The second-order valence-electron chi connectivity index (χ2n) is 3.36. The minimum Gasteiger partial charge on any atom is -0.466 e. The predicted molar refractivity (Wildman–Crippen MR) is 63.8 cm³/mol. The van der Waals surface area contributed by atoms with Crippen LogP contribution in [0.25, 0.3) is 0 Å². The molecule has 0 amide bonds. The summed E-state index contributed by atoms with van der Waals surface area (Å²) in [7, 11) is 0. The van der Waals surface area contributed by atoms with Crippen LogP contribution in [0, 0.1) is 10.1 Å². The second kappa shape index (κ2) is 6.11. The number of carbonyl (C=O) groups is 2. The van der Waals surface area contributed by atoms with Crippen LogP contribution in [0.2, 0.25) is 5.02 Å². The van der Waals surface area contributed by atoms with Gasteiger partial charge in [-0.15, -0.1) is 0 Å². The number of halogens is 1. The fourth-order valence-electron chi connectivity index (χ4n) is 1.39. The third-order valence-corrected chi connectivity index (χ3v) is 2.48. The minimum absolute atomic E-state index is 0.0548. The molecule has 1 aromatic carbocycles. The van der Waals surface area contributed by atoms with Crippen molar-refractivity contribution in [1.29, 1.82) is 0 Å². The summed E-state index contributed by atoms with van der Waals surface area (Å²) >= 11 is 5.70. The molecule has 0 bridgehead atoms. The number of nitro benzene ring substituents is 1. The van der Waals surface area contributed by atoms with Gasteiger partial charge >= 0.3 is 5.97 Å². The number of esters is 1. The van der Waals surface area contributed by atoms with Crippen LogP contribution in [0.3, 0.4) is 0 Å². The number of benzene rings is 1. The van der Waals surface area contributed by atoms with E-state index in [1.165, 1.54) is 6.07 Å². The van der Waals surface area contributed by atoms with Crippen LogP contribution in [0.5, 0.6) is 0 Å². The van der Waals surface area contributed by atoms with Crippen molar-refractivity contribution in [3.8, 4) is 0 Å². The van der Waals surface area contributed by atoms with Crippen LogP contribution in [-0.2, 0) is 16.0 Å². The van der Waals surface area contributed by atoms with Crippen molar-refractivity contribution in [1.82, 2.24) is 0 Å². The van der Waals surface area contributed by atoms with Gasteiger partial charge in [-0.1, -0.05) is 11.6 Å². The van der Waals surface area contributed by atoms with Gasteiger partial charge in [0.2, 0.25) is 0 Å². The lowest BCUT2D eigenvalue weighted by Crippen LogP contribution is -2.09. The molecule has 0 spiro atoms. The van der Waals surface area contributed by atoms with E-state index in [4.69, 9.17) is 16.3 Å². The average molecular weight is 272 g/mol. The highest BCUT2D eigenvalue weighted by atomic mass is 35.5. The van der Waals surface area contributed by atoms with Crippen LogP contribution in [0.1, 0.15) is 22.8 Å². The van der Waals surface area contributed by atoms with Gasteiger partial charge in [0.1, 0.15) is 5.02 Å². The summed E-state index contributed by atoms with van der Waals surface area (Å²) in [6, 6.07) is 2.28. The first-order valence-corrected chi connectivity index (χ1v) is 5.45. The summed E-state index contributed by atoms with van der Waals surface area (Å²) in [5, 5.41) is 10.5. The van der Waals surface area contributed by atoms with Gasteiger partial charge in [0.25, 0.3) is 5.69 Å². The Kier molecular flexibility index (Phi) is 4.79. The molecule has 0 aliphatic rings. The Bertz CT molecular complexity index is 500. The SMILES string of the molecule is CCOC(=O)Cc1cc(Cl)c([N+](=O)[O-])cc1C=O. The molecule has 0 aliphatic heterocycles. The summed E-state index contributed by atoms with van der Waals surface area (Å²) in [5.74, 6) is -0.523. The van der Waals surface area contributed by atoms with E-state index in [-0.39, 0.29) is 29.3 Å². The van der Waals surface area contributed by atoms with E-state index in [9.17, 15) is 19.7 Å². The van der Waals surface area contributed by atoms with Gasteiger partial charge < -0.3 is 4.74 Å². The lowest BCUT2D eigenvalue weighted by Gasteiger charge is -2.06. The molecule has 1 aromatic rings. The van der Waals surface area contributed by atoms with Crippen molar-refractivity contribution in [2.45, 2.75) is 13.3 Å². The van der Waals surface area contributed by atoms with Gasteiger partial charge in [0.05, 0.1) is 18.0 Å². The van der Waals surface area contributed by atoms with Gasteiger partial charge in [-0.25, -0.2) is 0 Å². The van der Waals surface area contributed by atoms with Crippen LogP contribution in [0.4, 0.5) is 5.69 Å². The lowest BCUT2D eigenvalue weighted by molar-refractivity contribution is -0.384. The smallest absolute Gasteiger partial charge is 0.310 e. The molecule has 0 unspecified atom stereocenters. The van der Waals surface area contributed by atoms with E-state index in [0.717, 1.165) is 6.07 Å². The third kappa shape index (κ3) is 3.27. The van der Waals surface area contributed by atoms with Crippen molar-refractivity contribution in [3.05, 3.63) is 38.4 Å². The molecule has 0 saturated carbocycles. The molecule has 7 heteroatoms. The zero-order chi connectivity index (χ0) is 13.7. The summed E-state index contributed by atoms with van der Waals surface area (Å²) in [6.45, 7) is 1.87. The molecule has 1 rings (SSSR count). The van der Waals surface area contributed by atoms with Gasteiger partial charge in [-0.05, 0) is 18.6 Å². The van der Waals surface area contributed by atoms with Crippen molar-refractivity contribution in [3.63, 3.8) is 0 Å². The van der Waals surface area contributed by atoms with Crippen molar-refractivity contribution in [2.75, 3.05) is 6.61 Å². The number of carbonyl (C=O) groups excluding carboxylic acids is 2. The maximum Gasteiger partial charge on any atom is 0.310 e. The van der Waals surface area contributed by atoms with Crippen LogP contribution in [-0.4, -0.2) is 23.8 Å². The van der Waals surface area contributed by atoms with E-state index in [2.05, 4.69) is 0 Å². The van der Waals surface area contributed by atoms with E-state index >= 15 is 0 Å². The Hall–Kier alpha value is -1.95. The summed E-state index contributed by atoms with van der Waals surface area (Å²) in [5.41, 5.74) is -0.00965. The second-order valence-corrected chi connectivity index (χ2v) is 3.77. The molecule has 96 valence electrons. The molecule has 0 aliphatic carbocycles. The number of hydrogen-bond acceptors (Lipinski definition) is 5. The maximum absolute atomic E-state index is 11.3. The Morgan fingerprint density at radius 2 is 2.22 bits per heavy atom. The summed E-state index contributed by atoms with van der Waals surface area (Å²) in [4.78, 5) is 32.1. The number of aldehydes is 1. The third-order valence-electron chi connectivity index (χ3n) is 2.17. The van der Waals surface area contributed by atoms with Gasteiger partial charge in [0, 0.05) is 11.6 Å². The van der Waals surface area contributed by atoms with Gasteiger partial charge in [-0.2, -0.15) is 0 Å². The van der Waals surface area contributed by atoms with Crippen molar-refractivity contribution < 1.29 is 19.2 Å². The number of nitrogens with zero attached hydrogens (tertiary/aromatic N) is 1. The van der Waals surface area contributed by atoms with E-state index in [1.807, 2.05) is 0 Å². The van der Waals surface area contributed by atoms with Crippen LogP contribution >= 0.6 is 11.6 Å². The highest BCUT2D eigenvalue weighted by molar-refractivity contribution is 6.32. The first-order valence-electron chi connectivity index (χ1n) is 5.07. The molecule has 0 heterocycles. The monoisotopic (exact) mass is 271 g/mol. The van der Waals surface area contributed by atoms with Crippen LogP contribution < -0.4 is 0 Å². The topological polar surface area (TPSA) is 86.5 Å². The highest BCUT2D eigenvalue weighted by Crippen LogP contribution is 2.27. The maximum atomic E-state index is 11.3. The van der Waals surface area contributed by atoms with E-state index in [0.29, 0.717) is 11.8 Å². The van der Waals surface area contributed by atoms with Gasteiger partial charge in [0.15, 0.2) is 6.29 Å². The zero-order valence-corrected chi connectivity index (χ0v) is 10.3. The molecule has 0 atom stereocenters. The first-order chi connectivity index (χ1) is 8.49. The number of ether oxygens (including phenoxy) is 1. The molecule has 0 N–H and O–H groups in total. The minimum atomic E-state index is -0.691. The lowest BCUT2D eigenvalue weighted by atomic mass is 10.0. The Morgan fingerprint density at radius 3 is 2.72 bits per heavy atom. The van der Waals surface area contributed by atoms with E-state index in [1.54, 1.807) is 6.92 Å². The Labute approximate surface area is 108 Å². The predicted octanol–water partition coefficient (Wildman–Crippen LogP) is 2.17. The Morgan fingerprint density at radius 1 is 1.56 bits per heavy atom. The molecule has 0 saturated heterocycles. The summed E-state index contributed by atoms with van der Waals surface area (Å²) < 4.78 is 4.73. The fraction of sp³-hybridized carbons (Fsp3) is 0.273. The van der Waals surface area contributed by atoms with Gasteiger partial charge in [-0.3, -0.25) is 19.7 Å². The quantitative estimate of drug-likeness (QED) is 0.354. The molecule has 0 fully saturated rings. The van der Waals surface area contributed by atoms with Crippen molar-refractivity contribution >= 4 is 29.5 Å². The van der Waals surface area contributed by atoms with Crippen LogP contribution in [0.15, 0.2) is 12.1 Å². The normalized spacial score (nSPS) is 9.89. The first kappa shape index (κ1) is 14.1. The molecule has 0 aromatic heterocycles. The number of hydrogen-bond donors (Lipinski definition) is 0. The number of nitro groups is 1. The van der Waals surface area contributed by atoms with E-state index < -0.39 is 10.9 Å². The molecule has 6 nitrogen and oxygen atoms in total. The number of rotatable bonds is 5. The highest BCUT2D eigenvalue weighted by Gasteiger charge is 2.18. The molecule has 0 radical (unpaired) electrons. The molecular weight excluding hydrogens is 262 g/mol. The fourth-order valence-corrected chi connectivity index (χ4v) is 1.64. The summed E-state index contributed by atoms with van der Waals surface area (Å²) in [6.07, 6.45) is 0.289. The molecular formula is C11H10ClNO5. The average Bonchev–Trinajstić information content (AvgIpc) is 2.29. The zero-order valence-electron chi connectivity index (χ0n) is 9.51.